The average molecular weight is 363 g/mol. The molecule has 0 heterocycles. The lowest BCUT2D eigenvalue weighted by Crippen LogP contribution is -2.46. The van der Waals surface area contributed by atoms with Gasteiger partial charge in [0.05, 0.1) is 19.3 Å². The molecular weight excluding hydrogens is 330 g/mol. The molecule has 0 aliphatic carbocycles. The number of hydrogen-bond donors (Lipinski definition) is 3. The lowest BCUT2D eigenvalue weighted by Gasteiger charge is -2.32. The molecule has 0 radical (unpaired) electrons. The molecule has 0 aromatic carbocycles. The fourth-order valence-corrected chi connectivity index (χ4v) is 1.97. The Labute approximate surface area is 149 Å². The van der Waals surface area contributed by atoms with E-state index >= 15 is 0 Å². The minimum absolute atomic E-state index is 0.0192. The molecule has 1 amide bonds. The van der Waals surface area contributed by atoms with Crippen molar-refractivity contribution in [1.29, 1.82) is 0 Å². The Morgan fingerprint density at radius 3 is 2.16 bits per heavy atom. The topological polar surface area (TPSA) is 114 Å². The highest BCUT2D eigenvalue weighted by molar-refractivity contribution is 5.77. The van der Waals surface area contributed by atoms with Gasteiger partial charge in [0.15, 0.2) is 0 Å². The molecule has 0 spiro atoms. The Bertz CT molecular complexity index is 394. The number of methoxy groups -OCH3 is 1. The van der Waals surface area contributed by atoms with Crippen molar-refractivity contribution >= 4 is 11.9 Å². The number of esters is 1. The van der Waals surface area contributed by atoms with Crippen LogP contribution in [0, 0.1) is 0 Å². The zero-order valence-corrected chi connectivity index (χ0v) is 16.0. The normalized spacial score (nSPS) is 13.4. The summed E-state index contributed by atoms with van der Waals surface area (Å²) in [5.41, 5.74) is -0.295. The fourth-order valence-electron chi connectivity index (χ4n) is 1.97. The highest BCUT2D eigenvalue weighted by Crippen LogP contribution is 2.16. The van der Waals surface area contributed by atoms with Crippen LogP contribution in [0.4, 0.5) is 0 Å². The Kier molecular flexibility index (Phi) is 10.8. The van der Waals surface area contributed by atoms with E-state index in [2.05, 4.69) is 5.32 Å². The number of aliphatic hydroxyl groups is 2. The third-order valence-corrected chi connectivity index (χ3v) is 3.42. The van der Waals surface area contributed by atoms with E-state index in [1.165, 1.54) is 7.11 Å². The van der Waals surface area contributed by atoms with Crippen molar-refractivity contribution in [2.45, 2.75) is 70.8 Å². The average Bonchev–Trinajstić information content (AvgIpc) is 2.54. The highest BCUT2D eigenvalue weighted by atomic mass is 16.7. The molecule has 0 aromatic rings. The van der Waals surface area contributed by atoms with Gasteiger partial charge in [-0.15, -0.1) is 0 Å². The van der Waals surface area contributed by atoms with E-state index < -0.39 is 31.1 Å². The zero-order chi connectivity index (χ0) is 19.5. The van der Waals surface area contributed by atoms with Gasteiger partial charge in [-0.25, -0.2) is 0 Å². The van der Waals surface area contributed by atoms with Gasteiger partial charge < -0.3 is 29.7 Å². The van der Waals surface area contributed by atoms with E-state index in [9.17, 15) is 19.8 Å². The summed E-state index contributed by atoms with van der Waals surface area (Å²) in [4.78, 5) is 23.4. The summed E-state index contributed by atoms with van der Waals surface area (Å²) in [7, 11) is 1.31. The summed E-state index contributed by atoms with van der Waals surface area (Å²) in [6.45, 7) is 6.44. The molecule has 25 heavy (non-hydrogen) atoms. The van der Waals surface area contributed by atoms with E-state index in [0.717, 1.165) is 0 Å². The zero-order valence-electron chi connectivity index (χ0n) is 16.0. The molecule has 0 aliphatic rings. The molecule has 0 saturated heterocycles. The summed E-state index contributed by atoms with van der Waals surface area (Å²) in [5.74, 6) is -2.05. The molecule has 1 atom stereocenters. The molecule has 0 saturated carbocycles. The van der Waals surface area contributed by atoms with Crippen LogP contribution in [0.2, 0.25) is 0 Å². The minimum atomic E-state index is -1.52. The molecular formula is C17H33NO7. The van der Waals surface area contributed by atoms with E-state index in [1.54, 1.807) is 0 Å². The monoisotopic (exact) mass is 363 g/mol. The molecule has 8 nitrogen and oxygen atoms in total. The quantitative estimate of drug-likeness (QED) is 0.346. The van der Waals surface area contributed by atoms with Gasteiger partial charge in [0, 0.05) is 25.5 Å². The molecule has 148 valence electrons. The number of amides is 1. The van der Waals surface area contributed by atoms with Crippen molar-refractivity contribution in [3.8, 4) is 0 Å². The summed E-state index contributed by atoms with van der Waals surface area (Å²) in [5, 5.41) is 21.4. The maximum absolute atomic E-state index is 11.8. The summed E-state index contributed by atoms with van der Waals surface area (Å²) < 4.78 is 15.7. The number of aliphatic hydroxyl groups excluding tert-OH is 2. The first-order valence-electron chi connectivity index (χ1n) is 8.52. The molecule has 0 unspecified atom stereocenters. The van der Waals surface area contributed by atoms with Crippen LogP contribution < -0.4 is 5.32 Å². The number of nitrogens with one attached hydrogen (secondary N) is 1. The molecule has 0 aromatic heterocycles. The van der Waals surface area contributed by atoms with Crippen molar-refractivity contribution in [2.24, 2.45) is 0 Å². The SMILES string of the molecule is CC[C@H](COC(=O)CCCC(=O)NC(C)(C)C)OC(CO)(CO)OC. The maximum atomic E-state index is 11.8. The molecule has 0 aliphatic heterocycles. The predicted molar refractivity (Wildman–Crippen MR) is 91.8 cm³/mol. The second-order valence-corrected chi connectivity index (χ2v) is 6.91. The minimum Gasteiger partial charge on any atom is -0.463 e. The van der Waals surface area contributed by atoms with Crippen LogP contribution in [0.1, 0.15) is 53.4 Å². The van der Waals surface area contributed by atoms with Crippen molar-refractivity contribution in [2.75, 3.05) is 26.9 Å². The fraction of sp³-hybridized carbons (Fsp3) is 0.882. The molecule has 0 bridgehead atoms. The van der Waals surface area contributed by atoms with Gasteiger partial charge in [0.2, 0.25) is 11.7 Å². The second kappa shape index (κ2) is 11.4. The first-order chi connectivity index (χ1) is 11.6. The molecule has 0 fully saturated rings. The number of hydrogen-bond acceptors (Lipinski definition) is 7. The van der Waals surface area contributed by atoms with Gasteiger partial charge in [-0.3, -0.25) is 9.59 Å². The van der Waals surface area contributed by atoms with E-state index in [0.29, 0.717) is 12.8 Å². The van der Waals surface area contributed by atoms with Crippen LogP contribution in [0.3, 0.4) is 0 Å². The standard InChI is InChI=1S/C17H33NO7/c1-6-13(25-17(11-19,12-20)23-5)10-24-15(22)9-7-8-14(21)18-16(2,3)4/h13,19-20H,6-12H2,1-5H3,(H,18,21)/t13-/m1/s1. The van der Waals surface area contributed by atoms with Crippen molar-refractivity contribution in [1.82, 2.24) is 5.32 Å². The highest BCUT2D eigenvalue weighted by Gasteiger charge is 2.32. The van der Waals surface area contributed by atoms with Gasteiger partial charge in [-0.2, -0.15) is 0 Å². The van der Waals surface area contributed by atoms with E-state index in [4.69, 9.17) is 14.2 Å². The summed E-state index contributed by atoms with van der Waals surface area (Å²) in [6, 6.07) is 0. The van der Waals surface area contributed by atoms with Crippen molar-refractivity contribution in [3.05, 3.63) is 0 Å². The van der Waals surface area contributed by atoms with Gasteiger partial charge in [0.1, 0.15) is 6.61 Å². The van der Waals surface area contributed by atoms with Crippen LogP contribution >= 0.6 is 0 Å². The summed E-state index contributed by atoms with van der Waals surface area (Å²) in [6.07, 6.45) is 0.762. The van der Waals surface area contributed by atoms with Crippen LogP contribution in [-0.2, 0) is 23.8 Å². The van der Waals surface area contributed by atoms with Crippen LogP contribution in [0.5, 0.6) is 0 Å². The molecule has 0 rings (SSSR count). The second-order valence-electron chi connectivity index (χ2n) is 6.91. The third-order valence-electron chi connectivity index (χ3n) is 3.42. The lowest BCUT2D eigenvalue weighted by atomic mass is 10.1. The van der Waals surface area contributed by atoms with Gasteiger partial charge in [0.25, 0.3) is 0 Å². The van der Waals surface area contributed by atoms with Crippen molar-refractivity contribution < 1.29 is 34.0 Å². The van der Waals surface area contributed by atoms with E-state index in [1.807, 2.05) is 27.7 Å². The predicted octanol–water partition coefficient (Wildman–Crippen LogP) is 0.737. The number of carbonyl (C=O) groups excluding carboxylic acids is 2. The maximum Gasteiger partial charge on any atom is 0.305 e. The smallest absolute Gasteiger partial charge is 0.305 e. The van der Waals surface area contributed by atoms with Crippen LogP contribution in [0.15, 0.2) is 0 Å². The first kappa shape index (κ1) is 23.8. The Balaban J connectivity index is 4.19. The Morgan fingerprint density at radius 1 is 1.12 bits per heavy atom. The largest absolute Gasteiger partial charge is 0.463 e. The van der Waals surface area contributed by atoms with Crippen LogP contribution in [-0.4, -0.2) is 66.4 Å². The van der Waals surface area contributed by atoms with Gasteiger partial charge >= 0.3 is 5.97 Å². The summed E-state index contributed by atoms with van der Waals surface area (Å²) >= 11 is 0. The van der Waals surface area contributed by atoms with Crippen molar-refractivity contribution in [3.63, 3.8) is 0 Å². The first-order valence-corrected chi connectivity index (χ1v) is 8.52. The Morgan fingerprint density at radius 2 is 1.72 bits per heavy atom. The molecule has 8 heteroatoms. The number of rotatable bonds is 12. The number of ether oxygens (including phenoxy) is 3. The number of carbonyl (C=O) groups is 2. The van der Waals surface area contributed by atoms with Crippen LogP contribution in [0.25, 0.3) is 0 Å². The Hall–Kier alpha value is -1.22. The van der Waals surface area contributed by atoms with Gasteiger partial charge in [-0.05, 0) is 33.6 Å². The van der Waals surface area contributed by atoms with E-state index in [-0.39, 0.29) is 30.9 Å². The van der Waals surface area contributed by atoms with Gasteiger partial charge in [-0.1, -0.05) is 6.92 Å². The molecule has 3 N–H and O–H groups in total. The third kappa shape index (κ3) is 10.4. The lowest BCUT2D eigenvalue weighted by molar-refractivity contribution is -0.282.